The van der Waals surface area contributed by atoms with E-state index in [4.69, 9.17) is 9.40 Å². The fourth-order valence-electron chi connectivity index (χ4n) is 4.02. The van der Waals surface area contributed by atoms with Crippen LogP contribution in [-0.2, 0) is 17.8 Å². The summed E-state index contributed by atoms with van der Waals surface area (Å²) in [5.41, 5.74) is 2.87. The Morgan fingerprint density at radius 1 is 1.30 bits per heavy atom. The van der Waals surface area contributed by atoms with Gasteiger partial charge in [0.2, 0.25) is 17.0 Å². The zero-order valence-corrected chi connectivity index (χ0v) is 19.6. The average molecular weight is 474 g/mol. The molecule has 1 aliphatic rings. The van der Waals surface area contributed by atoms with Crippen LogP contribution in [0.25, 0.3) is 22.4 Å². The summed E-state index contributed by atoms with van der Waals surface area (Å²) in [6.07, 6.45) is 4.83. The monoisotopic (exact) mass is 473 g/mol. The predicted molar refractivity (Wildman–Crippen MR) is 125 cm³/mol. The highest BCUT2D eigenvalue weighted by Gasteiger charge is 2.31. The van der Waals surface area contributed by atoms with E-state index in [0.717, 1.165) is 37.7 Å². The van der Waals surface area contributed by atoms with Crippen LogP contribution in [0.1, 0.15) is 66.6 Å². The lowest BCUT2D eigenvalue weighted by atomic mass is 10.0. The molecule has 4 rings (SSSR count). The molecule has 1 atom stereocenters. The maximum atomic E-state index is 13.5. The number of nitrogens with zero attached hydrogens (tertiary/aromatic N) is 2. The molecule has 3 aromatic rings. The molecule has 1 amide bonds. The van der Waals surface area contributed by atoms with E-state index in [1.807, 2.05) is 6.07 Å². The molecule has 2 heterocycles. The first-order chi connectivity index (χ1) is 15.9. The Labute approximate surface area is 194 Å². The smallest absolute Gasteiger partial charge is 0.255 e. The van der Waals surface area contributed by atoms with Crippen LogP contribution >= 0.6 is 0 Å². The molecule has 9 heteroatoms. The number of amides is 1. The molecule has 1 aliphatic carbocycles. The molecule has 1 aromatic carbocycles. The van der Waals surface area contributed by atoms with E-state index in [1.165, 1.54) is 16.4 Å². The van der Waals surface area contributed by atoms with E-state index < -0.39 is 11.3 Å². The van der Waals surface area contributed by atoms with Gasteiger partial charge in [0.15, 0.2) is 0 Å². The Morgan fingerprint density at radius 3 is 2.64 bits per heavy atom. The zero-order chi connectivity index (χ0) is 23.5. The van der Waals surface area contributed by atoms with Gasteiger partial charge in [0, 0.05) is 19.2 Å². The fourth-order valence-corrected chi connectivity index (χ4v) is 4.54. The van der Waals surface area contributed by atoms with E-state index in [1.54, 1.807) is 19.2 Å². The van der Waals surface area contributed by atoms with Crippen molar-refractivity contribution in [3.05, 3.63) is 53.0 Å². The second-order valence-corrected chi connectivity index (χ2v) is 9.32. The van der Waals surface area contributed by atoms with E-state index in [9.17, 15) is 17.9 Å². The summed E-state index contributed by atoms with van der Waals surface area (Å²) >= 11 is -2.12. The molecular weight excluding hydrogens is 445 g/mol. The third-order valence-electron chi connectivity index (χ3n) is 5.93. The van der Waals surface area contributed by atoms with Crippen molar-refractivity contribution in [1.29, 1.82) is 0 Å². The number of unbranched alkanes of at least 4 members (excludes halogenated alkanes) is 2. The molecule has 7 nitrogen and oxygen atoms in total. The first-order valence-electron chi connectivity index (χ1n) is 11.2. The fraction of sp³-hybridized carbons (Fsp3) is 0.417. The zero-order valence-electron chi connectivity index (χ0n) is 18.8. The predicted octanol–water partition coefficient (Wildman–Crippen LogP) is 5.00. The molecule has 1 unspecified atom stereocenters. The van der Waals surface area contributed by atoms with Gasteiger partial charge in [-0.15, -0.1) is 0 Å². The van der Waals surface area contributed by atoms with Crippen LogP contribution in [0, 0.1) is 5.82 Å². The second-order valence-electron chi connectivity index (χ2n) is 8.34. The van der Waals surface area contributed by atoms with Crippen molar-refractivity contribution in [1.82, 2.24) is 14.6 Å². The van der Waals surface area contributed by atoms with Gasteiger partial charge in [0.25, 0.3) is 5.91 Å². The molecular formula is C24H28FN3O4S. The summed E-state index contributed by atoms with van der Waals surface area (Å²) in [5.74, 6) is -0.0699. The van der Waals surface area contributed by atoms with Gasteiger partial charge in [0.1, 0.15) is 11.6 Å². The number of benzene rings is 1. The molecule has 0 saturated heterocycles. The Bertz CT molecular complexity index is 1170. The molecule has 0 radical (unpaired) electrons. The quantitative estimate of drug-likeness (QED) is 0.319. The molecule has 0 bridgehead atoms. The van der Waals surface area contributed by atoms with Gasteiger partial charge in [-0.1, -0.05) is 19.8 Å². The highest BCUT2D eigenvalue weighted by molar-refractivity contribution is 7.76. The summed E-state index contributed by atoms with van der Waals surface area (Å²) in [5, 5.41) is 3.24. The minimum absolute atomic E-state index is 0.219. The lowest BCUT2D eigenvalue weighted by Gasteiger charge is -2.18. The van der Waals surface area contributed by atoms with E-state index in [0.29, 0.717) is 40.4 Å². The number of furan rings is 1. The second kappa shape index (κ2) is 10.1. The van der Waals surface area contributed by atoms with Gasteiger partial charge in [-0.25, -0.2) is 13.6 Å². The minimum atomic E-state index is -2.12. The van der Waals surface area contributed by atoms with Gasteiger partial charge < -0.3 is 9.73 Å². The van der Waals surface area contributed by atoms with Gasteiger partial charge in [-0.3, -0.25) is 9.35 Å². The first kappa shape index (κ1) is 23.5. The van der Waals surface area contributed by atoms with Crippen LogP contribution in [0.5, 0.6) is 0 Å². The van der Waals surface area contributed by atoms with Crippen molar-refractivity contribution in [2.24, 2.45) is 0 Å². The summed E-state index contributed by atoms with van der Waals surface area (Å²) in [4.78, 5) is 17.5. The molecule has 0 aliphatic heterocycles. The number of hydrogen-bond acceptors (Lipinski definition) is 4. The van der Waals surface area contributed by atoms with Gasteiger partial charge in [-0.05, 0) is 61.1 Å². The normalized spacial score (nSPS) is 14.7. The average Bonchev–Trinajstić information content (AvgIpc) is 3.58. The number of carbonyl (C=O) groups excluding carboxylic acids is 1. The van der Waals surface area contributed by atoms with E-state index in [-0.39, 0.29) is 24.0 Å². The van der Waals surface area contributed by atoms with Gasteiger partial charge in [0.05, 0.1) is 23.2 Å². The summed E-state index contributed by atoms with van der Waals surface area (Å²) in [6, 6.07) is 7.69. The number of carbonyl (C=O) groups is 1. The number of pyridine rings is 1. The Morgan fingerprint density at radius 2 is 2.03 bits per heavy atom. The lowest BCUT2D eigenvalue weighted by Crippen LogP contribution is -2.27. The van der Waals surface area contributed by atoms with Crippen molar-refractivity contribution in [2.75, 3.05) is 13.6 Å². The SMILES string of the molecule is CCCCCN(Cc1nc2oc(-c3ccc(F)cc3)c(C(=O)NC)c2cc1C1CC1)S(=O)O. The van der Waals surface area contributed by atoms with Crippen LogP contribution < -0.4 is 5.32 Å². The lowest BCUT2D eigenvalue weighted by molar-refractivity contribution is 0.0964. The van der Waals surface area contributed by atoms with Gasteiger partial charge >= 0.3 is 0 Å². The highest BCUT2D eigenvalue weighted by Crippen LogP contribution is 2.44. The Hall–Kier alpha value is -2.62. The van der Waals surface area contributed by atoms with Crippen molar-refractivity contribution < 1.29 is 22.4 Å². The Kier molecular flexibility index (Phi) is 7.21. The molecule has 2 aromatic heterocycles. The largest absolute Gasteiger partial charge is 0.437 e. The van der Waals surface area contributed by atoms with Crippen LogP contribution in [0.3, 0.4) is 0 Å². The number of fused-ring (bicyclic) bond motifs is 1. The number of aromatic nitrogens is 1. The molecule has 33 heavy (non-hydrogen) atoms. The number of hydrogen-bond donors (Lipinski definition) is 2. The van der Waals surface area contributed by atoms with Crippen LogP contribution in [0.4, 0.5) is 4.39 Å². The first-order valence-corrected chi connectivity index (χ1v) is 12.3. The standard InChI is InChI=1S/C24H28FN3O4S/c1-3-4-5-12-28(33(30)31)14-20-18(15-6-7-15)13-19-21(23(29)26-2)22(32-24(19)27-20)16-8-10-17(25)11-9-16/h8-11,13,15H,3-7,12,14H2,1-2H3,(H,26,29)(H,30,31). The molecule has 1 saturated carbocycles. The third-order valence-corrected chi connectivity index (χ3v) is 6.68. The maximum absolute atomic E-state index is 13.5. The number of halogens is 1. The molecule has 0 spiro atoms. The topological polar surface area (TPSA) is 95.7 Å². The summed E-state index contributed by atoms with van der Waals surface area (Å²) in [6.45, 7) is 2.79. The van der Waals surface area contributed by atoms with Crippen molar-refractivity contribution in [3.8, 4) is 11.3 Å². The van der Waals surface area contributed by atoms with Crippen LogP contribution in [0.15, 0.2) is 34.7 Å². The summed E-state index contributed by atoms with van der Waals surface area (Å²) in [7, 11) is 1.55. The Balaban J connectivity index is 1.81. The molecule has 176 valence electrons. The van der Waals surface area contributed by atoms with E-state index >= 15 is 0 Å². The van der Waals surface area contributed by atoms with Crippen LogP contribution in [0.2, 0.25) is 0 Å². The molecule has 1 fully saturated rings. The van der Waals surface area contributed by atoms with Crippen LogP contribution in [-0.4, -0.2) is 37.6 Å². The van der Waals surface area contributed by atoms with Crippen molar-refractivity contribution in [2.45, 2.75) is 51.5 Å². The van der Waals surface area contributed by atoms with Crippen molar-refractivity contribution in [3.63, 3.8) is 0 Å². The highest BCUT2D eigenvalue weighted by atomic mass is 32.2. The van der Waals surface area contributed by atoms with Gasteiger partial charge in [-0.2, -0.15) is 4.31 Å². The maximum Gasteiger partial charge on any atom is 0.255 e. The van der Waals surface area contributed by atoms with Crippen molar-refractivity contribution >= 4 is 28.3 Å². The van der Waals surface area contributed by atoms with E-state index in [2.05, 4.69) is 12.2 Å². The minimum Gasteiger partial charge on any atom is -0.437 e. The number of nitrogens with one attached hydrogen (secondary N) is 1. The third kappa shape index (κ3) is 5.15. The number of rotatable bonds is 10. The molecule has 2 N–H and O–H groups in total. The summed E-state index contributed by atoms with van der Waals surface area (Å²) < 4.78 is 42.8.